The molecule has 0 amide bonds. The molecule has 18 heavy (non-hydrogen) atoms. The van der Waals surface area contributed by atoms with Gasteiger partial charge in [0.15, 0.2) is 0 Å². The Morgan fingerprint density at radius 2 is 2.17 bits per heavy atom. The van der Waals surface area contributed by atoms with Crippen LogP contribution < -0.4 is 11.1 Å². The Labute approximate surface area is 108 Å². The second-order valence-electron chi connectivity index (χ2n) is 4.97. The van der Waals surface area contributed by atoms with Gasteiger partial charge in [0.05, 0.1) is 5.56 Å². The molecule has 1 aromatic rings. The Bertz CT molecular complexity index is 444. The standard InChI is InChI=1S/C14H20N4/c1-11(10-18-6-2-3-7-18)17-13-4-5-14(16)12(8-13)9-15/h4-5,8,11,17H,2-3,6-7,10,16H2,1H3. The topological polar surface area (TPSA) is 65.1 Å². The van der Waals surface area contributed by atoms with E-state index >= 15 is 0 Å². The van der Waals surface area contributed by atoms with E-state index in [1.807, 2.05) is 12.1 Å². The zero-order chi connectivity index (χ0) is 13.0. The third kappa shape index (κ3) is 3.14. The first kappa shape index (κ1) is 12.7. The molecule has 0 aliphatic carbocycles. The van der Waals surface area contributed by atoms with Crippen LogP contribution in [0.15, 0.2) is 18.2 Å². The summed E-state index contributed by atoms with van der Waals surface area (Å²) >= 11 is 0. The highest BCUT2D eigenvalue weighted by molar-refractivity contribution is 5.62. The lowest BCUT2D eigenvalue weighted by atomic mass is 10.1. The zero-order valence-electron chi connectivity index (χ0n) is 10.8. The van der Waals surface area contributed by atoms with E-state index in [0.29, 0.717) is 17.3 Å². The molecule has 1 aliphatic rings. The number of hydrogen-bond acceptors (Lipinski definition) is 4. The molecule has 96 valence electrons. The predicted octanol–water partition coefficient (Wildman–Crippen LogP) is 2.04. The van der Waals surface area contributed by atoms with Crippen molar-refractivity contribution in [1.29, 1.82) is 5.26 Å². The number of nitrogens with two attached hydrogens (primary N) is 1. The molecule has 1 aliphatic heterocycles. The minimum absolute atomic E-state index is 0.373. The largest absolute Gasteiger partial charge is 0.398 e. The predicted molar refractivity (Wildman–Crippen MR) is 74.3 cm³/mol. The summed E-state index contributed by atoms with van der Waals surface area (Å²) in [5.74, 6) is 0. The molecule has 2 rings (SSSR count). The van der Waals surface area contributed by atoms with Gasteiger partial charge in [-0.05, 0) is 51.1 Å². The summed E-state index contributed by atoms with van der Waals surface area (Å²) in [6.07, 6.45) is 2.63. The molecule has 0 aromatic heterocycles. The molecule has 0 saturated carbocycles. The number of nitrogens with zero attached hydrogens (tertiary/aromatic N) is 2. The van der Waals surface area contributed by atoms with Gasteiger partial charge in [-0.15, -0.1) is 0 Å². The van der Waals surface area contributed by atoms with Gasteiger partial charge < -0.3 is 16.0 Å². The molecular formula is C14H20N4. The second kappa shape index (κ2) is 5.74. The van der Waals surface area contributed by atoms with Crippen LogP contribution in [0.1, 0.15) is 25.3 Å². The van der Waals surface area contributed by atoms with Gasteiger partial charge in [0.1, 0.15) is 6.07 Å². The van der Waals surface area contributed by atoms with E-state index in [1.165, 1.54) is 25.9 Å². The third-order valence-electron chi connectivity index (χ3n) is 3.32. The van der Waals surface area contributed by atoms with E-state index in [2.05, 4.69) is 23.2 Å². The molecule has 4 nitrogen and oxygen atoms in total. The minimum Gasteiger partial charge on any atom is -0.398 e. The summed E-state index contributed by atoms with van der Waals surface area (Å²) in [7, 11) is 0. The molecular weight excluding hydrogens is 224 g/mol. The normalized spacial score (nSPS) is 17.3. The molecule has 1 heterocycles. The van der Waals surface area contributed by atoms with E-state index in [-0.39, 0.29) is 0 Å². The Kier molecular flexibility index (Phi) is 4.06. The van der Waals surface area contributed by atoms with Crippen molar-refractivity contribution in [3.63, 3.8) is 0 Å². The van der Waals surface area contributed by atoms with Crippen LogP contribution in [0, 0.1) is 11.3 Å². The summed E-state index contributed by atoms with van der Waals surface area (Å²) in [5, 5.41) is 12.4. The average molecular weight is 244 g/mol. The van der Waals surface area contributed by atoms with Gasteiger partial charge in [-0.3, -0.25) is 0 Å². The van der Waals surface area contributed by atoms with Crippen molar-refractivity contribution >= 4 is 11.4 Å². The first-order valence-corrected chi connectivity index (χ1v) is 6.47. The number of anilines is 2. The van der Waals surface area contributed by atoms with E-state index in [4.69, 9.17) is 11.0 Å². The van der Waals surface area contributed by atoms with Crippen LogP contribution in [0.4, 0.5) is 11.4 Å². The number of benzene rings is 1. The zero-order valence-corrected chi connectivity index (χ0v) is 10.8. The van der Waals surface area contributed by atoms with Crippen LogP contribution in [-0.4, -0.2) is 30.6 Å². The van der Waals surface area contributed by atoms with Gasteiger partial charge in [-0.25, -0.2) is 0 Å². The van der Waals surface area contributed by atoms with Gasteiger partial charge in [0.2, 0.25) is 0 Å². The van der Waals surface area contributed by atoms with Crippen molar-refractivity contribution in [1.82, 2.24) is 4.90 Å². The van der Waals surface area contributed by atoms with Crippen molar-refractivity contribution < 1.29 is 0 Å². The molecule has 0 radical (unpaired) electrons. The fourth-order valence-electron chi connectivity index (χ4n) is 2.43. The van der Waals surface area contributed by atoms with Gasteiger partial charge in [-0.2, -0.15) is 5.26 Å². The van der Waals surface area contributed by atoms with Crippen molar-refractivity contribution in [2.24, 2.45) is 0 Å². The van der Waals surface area contributed by atoms with Crippen molar-refractivity contribution in [2.75, 3.05) is 30.7 Å². The number of nitrogens with one attached hydrogen (secondary N) is 1. The molecule has 1 fully saturated rings. The fourth-order valence-corrected chi connectivity index (χ4v) is 2.43. The highest BCUT2D eigenvalue weighted by atomic mass is 15.2. The summed E-state index contributed by atoms with van der Waals surface area (Å²) in [4.78, 5) is 2.47. The lowest BCUT2D eigenvalue weighted by Crippen LogP contribution is -2.32. The van der Waals surface area contributed by atoms with E-state index in [1.54, 1.807) is 6.07 Å². The van der Waals surface area contributed by atoms with Crippen LogP contribution in [0.5, 0.6) is 0 Å². The van der Waals surface area contributed by atoms with Gasteiger partial charge in [0.25, 0.3) is 0 Å². The molecule has 1 saturated heterocycles. The summed E-state index contributed by atoms with van der Waals surface area (Å²) in [5.41, 5.74) is 7.74. The van der Waals surface area contributed by atoms with Crippen LogP contribution in [0.2, 0.25) is 0 Å². The van der Waals surface area contributed by atoms with E-state index in [9.17, 15) is 0 Å². The lowest BCUT2D eigenvalue weighted by Gasteiger charge is -2.22. The van der Waals surface area contributed by atoms with Crippen LogP contribution in [-0.2, 0) is 0 Å². The van der Waals surface area contributed by atoms with Crippen LogP contribution in [0.3, 0.4) is 0 Å². The molecule has 4 heteroatoms. The maximum Gasteiger partial charge on any atom is 0.101 e. The first-order chi connectivity index (χ1) is 8.69. The second-order valence-corrected chi connectivity index (χ2v) is 4.97. The SMILES string of the molecule is CC(CN1CCCC1)Nc1ccc(N)c(C#N)c1. The molecule has 1 atom stereocenters. The lowest BCUT2D eigenvalue weighted by molar-refractivity contribution is 0.328. The Morgan fingerprint density at radius 3 is 2.83 bits per heavy atom. The third-order valence-corrected chi connectivity index (χ3v) is 3.32. The quantitative estimate of drug-likeness (QED) is 0.795. The smallest absolute Gasteiger partial charge is 0.101 e. The summed E-state index contributed by atoms with van der Waals surface area (Å²) < 4.78 is 0. The minimum atomic E-state index is 0.373. The molecule has 0 bridgehead atoms. The van der Waals surface area contributed by atoms with Crippen LogP contribution >= 0.6 is 0 Å². The fraction of sp³-hybridized carbons (Fsp3) is 0.500. The molecule has 1 unspecified atom stereocenters. The highest BCUT2D eigenvalue weighted by Crippen LogP contribution is 2.18. The monoisotopic (exact) mass is 244 g/mol. The Hall–Kier alpha value is -1.73. The van der Waals surface area contributed by atoms with Gasteiger partial charge >= 0.3 is 0 Å². The van der Waals surface area contributed by atoms with E-state index in [0.717, 1.165) is 12.2 Å². The highest BCUT2D eigenvalue weighted by Gasteiger charge is 2.14. The number of hydrogen-bond donors (Lipinski definition) is 2. The van der Waals surface area contributed by atoms with Crippen molar-refractivity contribution in [3.05, 3.63) is 23.8 Å². The number of likely N-dealkylation sites (tertiary alicyclic amines) is 1. The van der Waals surface area contributed by atoms with Gasteiger partial charge in [-0.1, -0.05) is 0 Å². The maximum absolute atomic E-state index is 8.94. The number of nitrogen functional groups attached to an aromatic ring is 1. The Balaban J connectivity index is 1.94. The molecule has 1 aromatic carbocycles. The van der Waals surface area contributed by atoms with Crippen molar-refractivity contribution in [3.8, 4) is 6.07 Å². The molecule has 0 spiro atoms. The van der Waals surface area contributed by atoms with Gasteiger partial charge in [0, 0.05) is 24.0 Å². The van der Waals surface area contributed by atoms with Crippen molar-refractivity contribution in [2.45, 2.75) is 25.8 Å². The summed E-state index contributed by atoms with van der Waals surface area (Å²) in [6, 6.07) is 8.00. The number of rotatable bonds is 4. The molecule has 3 N–H and O–H groups in total. The Morgan fingerprint density at radius 1 is 1.44 bits per heavy atom. The first-order valence-electron chi connectivity index (χ1n) is 6.47. The number of nitriles is 1. The summed E-state index contributed by atoms with van der Waals surface area (Å²) in [6.45, 7) is 5.63. The average Bonchev–Trinajstić information content (AvgIpc) is 2.84. The van der Waals surface area contributed by atoms with Crippen LogP contribution in [0.25, 0.3) is 0 Å². The van der Waals surface area contributed by atoms with E-state index < -0.39 is 0 Å². The maximum atomic E-state index is 8.94.